The van der Waals surface area contributed by atoms with Crippen molar-refractivity contribution in [2.75, 3.05) is 16.6 Å². The summed E-state index contributed by atoms with van der Waals surface area (Å²) in [6, 6.07) is 17.7. The van der Waals surface area contributed by atoms with Crippen LogP contribution in [-0.4, -0.2) is 24.9 Å². The highest BCUT2D eigenvalue weighted by atomic mass is 32.2. The van der Waals surface area contributed by atoms with E-state index in [1.807, 2.05) is 18.2 Å². The number of hydrogen-bond donors (Lipinski definition) is 2. The lowest BCUT2D eigenvalue weighted by Crippen LogP contribution is -2.14. The number of hydrogen-bond acceptors (Lipinski definition) is 6. The van der Waals surface area contributed by atoms with Gasteiger partial charge in [0.15, 0.2) is 0 Å². The normalized spacial score (nSPS) is 11.0. The zero-order chi connectivity index (χ0) is 20.0. The van der Waals surface area contributed by atoms with E-state index < -0.39 is 14.9 Å². The summed E-state index contributed by atoms with van der Waals surface area (Å²) in [5.74, 6) is 0. The van der Waals surface area contributed by atoms with Crippen molar-refractivity contribution in [2.24, 2.45) is 0 Å². The van der Waals surface area contributed by atoms with Crippen LogP contribution in [0.5, 0.6) is 0 Å². The Bertz CT molecular complexity index is 1060. The number of pyridine rings is 1. The molecule has 9 heteroatoms. The molecule has 0 unspecified atom stereocenters. The van der Waals surface area contributed by atoms with Crippen molar-refractivity contribution >= 4 is 27.1 Å². The van der Waals surface area contributed by atoms with E-state index >= 15 is 0 Å². The highest BCUT2D eigenvalue weighted by Crippen LogP contribution is 2.28. The van der Waals surface area contributed by atoms with E-state index in [2.05, 4.69) is 15.0 Å². The Labute approximate surface area is 162 Å². The maximum absolute atomic E-state index is 12.5. The molecule has 0 bridgehead atoms. The standard InChI is InChI=1S/C19H18N4O4S/c24-23(25)19-14-17(28(26,27)22-16-7-2-1-3-8-16)9-10-18(19)21-13-11-15-6-4-5-12-20-15/h1-10,12,14,21-22H,11,13H2. The number of nitrogens with one attached hydrogen (secondary N) is 2. The highest BCUT2D eigenvalue weighted by molar-refractivity contribution is 7.92. The molecule has 0 saturated carbocycles. The number of nitro groups is 1. The predicted molar refractivity (Wildman–Crippen MR) is 107 cm³/mol. The average molecular weight is 398 g/mol. The molecule has 144 valence electrons. The number of benzene rings is 2. The fourth-order valence-corrected chi connectivity index (χ4v) is 3.65. The molecule has 0 aliphatic carbocycles. The molecule has 0 atom stereocenters. The molecule has 0 fully saturated rings. The molecule has 0 aliphatic heterocycles. The van der Waals surface area contributed by atoms with Crippen LogP contribution in [0.1, 0.15) is 5.69 Å². The van der Waals surface area contributed by atoms with Crippen LogP contribution in [0.3, 0.4) is 0 Å². The minimum atomic E-state index is -3.94. The van der Waals surface area contributed by atoms with Gasteiger partial charge in [-0.05, 0) is 36.4 Å². The van der Waals surface area contributed by atoms with Crippen molar-refractivity contribution in [3.05, 3.63) is 88.7 Å². The van der Waals surface area contributed by atoms with Crippen LogP contribution in [0.25, 0.3) is 0 Å². The maximum atomic E-state index is 12.5. The molecule has 2 aromatic carbocycles. The molecule has 1 aromatic heterocycles. The zero-order valence-corrected chi connectivity index (χ0v) is 15.6. The van der Waals surface area contributed by atoms with E-state index in [1.165, 1.54) is 12.1 Å². The number of aromatic nitrogens is 1. The summed E-state index contributed by atoms with van der Waals surface area (Å²) < 4.78 is 27.5. The van der Waals surface area contributed by atoms with Crippen LogP contribution in [0.2, 0.25) is 0 Å². The predicted octanol–water partition coefficient (Wildman–Crippen LogP) is 3.45. The van der Waals surface area contributed by atoms with Crippen molar-refractivity contribution in [3.8, 4) is 0 Å². The lowest BCUT2D eigenvalue weighted by molar-refractivity contribution is -0.384. The molecule has 0 saturated heterocycles. The van der Waals surface area contributed by atoms with E-state index in [0.717, 1.165) is 11.8 Å². The second-order valence-electron chi connectivity index (χ2n) is 5.91. The highest BCUT2D eigenvalue weighted by Gasteiger charge is 2.21. The SMILES string of the molecule is O=[N+]([O-])c1cc(S(=O)(=O)Nc2ccccc2)ccc1NCCc1ccccn1. The van der Waals surface area contributed by atoms with Gasteiger partial charge in [0, 0.05) is 36.6 Å². The first kappa shape index (κ1) is 19.3. The summed E-state index contributed by atoms with van der Waals surface area (Å²) in [6.45, 7) is 0.423. The van der Waals surface area contributed by atoms with Crippen molar-refractivity contribution in [2.45, 2.75) is 11.3 Å². The minimum absolute atomic E-state index is 0.182. The maximum Gasteiger partial charge on any atom is 0.293 e. The Kier molecular flexibility index (Phi) is 5.85. The van der Waals surface area contributed by atoms with E-state index in [0.29, 0.717) is 18.7 Å². The summed E-state index contributed by atoms with van der Waals surface area (Å²) in [5.41, 5.74) is 1.17. The molecule has 0 radical (unpaired) electrons. The van der Waals surface area contributed by atoms with E-state index in [4.69, 9.17) is 0 Å². The van der Waals surface area contributed by atoms with Crippen molar-refractivity contribution in [1.82, 2.24) is 4.98 Å². The van der Waals surface area contributed by atoms with Crippen LogP contribution in [0.15, 0.2) is 77.8 Å². The smallest absolute Gasteiger partial charge is 0.293 e. The summed E-state index contributed by atoms with van der Waals surface area (Å²) >= 11 is 0. The van der Waals surface area contributed by atoms with Gasteiger partial charge in [0.1, 0.15) is 5.69 Å². The van der Waals surface area contributed by atoms with E-state index in [1.54, 1.807) is 36.5 Å². The van der Waals surface area contributed by atoms with Gasteiger partial charge in [-0.15, -0.1) is 0 Å². The van der Waals surface area contributed by atoms with Gasteiger partial charge in [0.25, 0.3) is 15.7 Å². The number of nitro benzene ring substituents is 1. The van der Waals surface area contributed by atoms with Crippen LogP contribution in [0, 0.1) is 10.1 Å². The van der Waals surface area contributed by atoms with Gasteiger partial charge < -0.3 is 5.32 Å². The fraction of sp³-hybridized carbons (Fsp3) is 0.105. The number of para-hydroxylation sites is 1. The Hall–Kier alpha value is -3.46. The Morgan fingerprint density at radius 1 is 1.00 bits per heavy atom. The molecule has 0 spiro atoms. The first-order valence-electron chi connectivity index (χ1n) is 8.46. The molecule has 28 heavy (non-hydrogen) atoms. The second kappa shape index (κ2) is 8.49. The molecule has 2 N–H and O–H groups in total. The van der Waals surface area contributed by atoms with Crippen molar-refractivity contribution < 1.29 is 13.3 Å². The van der Waals surface area contributed by atoms with Crippen LogP contribution in [-0.2, 0) is 16.4 Å². The summed E-state index contributed by atoms with van der Waals surface area (Å²) in [5, 5.41) is 14.4. The van der Waals surface area contributed by atoms with Gasteiger partial charge in [-0.1, -0.05) is 24.3 Å². The van der Waals surface area contributed by atoms with Crippen LogP contribution in [0.4, 0.5) is 17.1 Å². The van der Waals surface area contributed by atoms with Gasteiger partial charge in [-0.3, -0.25) is 19.8 Å². The summed E-state index contributed by atoms with van der Waals surface area (Å²) in [6.07, 6.45) is 2.25. The van der Waals surface area contributed by atoms with Gasteiger partial charge in [-0.2, -0.15) is 0 Å². The quantitative estimate of drug-likeness (QED) is 0.444. The molecule has 3 rings (SSSR count). The molecular weight excluding hydrogens is 380 g/mol. The third-order valence-corrected chi connectivity index (χ3v) is 5.30. The van der Waals surface area contributed by atoms with Crippen LogP contribution < -0.4 is 10.0 Å². The number of nitrogens with zero attached hydrogens (tertiary/aromatic N) is 2. The van der Waals surface area contributed by atoms with Gasteiger partial charge in [0.05, 0.1) is 9.82 Å². The molecule has 3 aromatic rings. The van der Waals surface area contributed by atoms with Crippen molar-refractivity contribution in [1.29, 1.82) is 0 Å². The molecule has 1 heterocycles. The van der Waals surface area contributed by atoms with Gasteiger partial charge >= 0.3 is 0 Å². The number of rotatable bonds is 8. The third-order valence-electron chi connectivity index (χ3n) is 3.92. The average Bonchev–Trinajstić information content (AvgIpc) is 2.69. The molecule has 0 amide bonds. The molecular formula is C19H18N4O4S. The third kappa shape index (κ3) is 4.83. The molecule has 8 nitrogen and oxygen atoms in total. The number of anilines is 2. The monoisotopic (exact) mass is 398 g/mol. The van der Waals surface area contributed by atoms with E-state index in [9.17, 15) is 18.5 Å². The second-order valence-corrected chi connectivity index (χ2v) is 7.59. The lowest BCUT2D eigenvalue weighted by atomic mass is 10.2. The minimum Gasteiger partial charge on any atom is -0.379 e. The Morgan fingerprint density at radius 3 is 2.43 bits per heavy atom. The Balaban J connectivity index is 1.77. The molecule has 0 aliphatic rings. The Morgan fingerprint density at radius 2 is 1.75 bits per heavy atom. The number of sulfonamides is 1. The van der Waals surface area contributed by atoms with Gasteiger partial charge in [-0.25, -0.2) is 8.42 Å². The van der Waals surface area contributed by atoms with Crippen LogP contribution >= 0.6 is 0 Å². The van der Waals surface area contributed by atoms with E-state index in [-0.39, 0.29) is 16.3 Å². The lowest BCUT2D eigenvalue weighted by Gasteiger charge is -2.10. The van der Waals surface area contributed by atoms with Gasteiger partial charge in [0.2, 0.25) is 0 Å². The largest absolute Gasteiger partial charge is 0.379 e. The van der Waals surface area contributed by atoms with Crippen molar-refractivity contribution in [3.63, 3.8) is 0 Å². The fourth-order valence-electron chi connectivity index (χ4n) is 2.57. The summed E-state index contributed by atoms with van der Waals surface area (Å²) in [7, 11) is -3.94. The first-order chi connectivity index (χ1) is 13.5. The topological polar surface area (TPSA) is 114 Å². The summed E-state index contributed by atoms with van der Waals surface area (Å²) in [4.78, 5) is 14.8. The first-order valence-corrected chi connectivity index (χ1v) is 9.94. The zero-order valence-electron chi connectivity index (χ0n) is 14.8.